The molecule has 2 rings (SSSR count). The first-order valence-electron chi connectivity index (χ1n) is 12.6. The van der Waals surface area contributed by atoms with Gasteiger partial charge in [0.2, 0.25) is 11.8 Å². The number of benzene rings is 1. The Kier molecular flexibility index (Phi) is 19.1. The van der Waals surface area contributed by atoms with E-state index in [1.807, 2.05) is 13.8 Å². The highest BCUT2D eigenvalue weighted by atomic mass is 16.5. The van der Waals surface area contributed by atoms with Crippen molar-refractivity contribution in [1.29, 1.82) is 0 Å². The molecule has 1 aromatic carbocycles. The van der Waals surface area contributed by atoms with E-state index in [1.54, 1.807) is 33.3 Å². The molecule has 0 fully saturated rings. The summed E-state index contributed by atoms with van der Waals surface area (Å²) in [5.74, 6) is -1.62. The summed E-state index contributed by atoms with van der Waals surface area (Å²) in [5.41, 5.74) is 0.731. The lowest BCUT2D eigenvalue weighted by Crippen LogP contribution is -2.52. The number of Topliss-reactive ketones (excluding diaryl/α,β-unsaturated/α-hetero) is 1. The fourth-order valence-electron chi connectivity index (χ4n) is 3.08. The maximum atomic E-state index is 12.6. The molecule has 4 N–H and O–H groups in total. The van der Waals surface area contributed by atoms with Crippen LogP contribution >= 0.6 is 0 Å². The molecule has 0 saturated carbocycles. The van der Waals surface area contributed by atoms with Crippen LogP contribution < -0.4 is 16.0 Å². The summed E-state index contributed by atoms with van der Waals surface area (Å²) in [7, 11) is 6.08. The lowest BCUT2D eigenvalue weighted by atomic mass is 10.0. The van der Waals surface area contributed by atoms with Gasteiger partial charge in [0.05, 0.1) is 25.8 Å². The van der Waals surface area contributed by atoms with E-state index in [0.29, 0.717) is 5.76 Å². The first-order chi connectivity index (χ1) is 19.1. The fourth-order valence-corrected chi connectivity index (χ4v) is 3.08. The number of hydrogen-bond acceptors (Lipinski definition) is 10. The van der Waals surface area contributed by atoms with Crippen LogP contribution in [0.15, 0.2) is 34.9 Å². The minimum absolute atomic E-state index is 0.000731. The van der Waals surface area contributed by atoms with Crippen molar-refractivity contribution in [2.75, 3.05) is 48.2 Å². The zero-order valence-corrected chi connectivity index (χ0v) is 24.2. The van der Waals surface area contributed by atoms with Gasteiger partial charge in [-0.15, -0.1) is 0 Å². The fraction of sp³-hybridized carbons (Fsp3) is 0.519. The number of aryl methyl sites for hydroxylation is 1. The molecule has 1 heterocycles. The number of ketones is 1. The van der Waals surface area contributed by atoms with Crippen molar-refractivity contribution in [3.63, 3.8) is 0 Å². The lowest BCUT2D eigenvalue weighted by Gasteiger charge is -2.20. The molecule has 13 heteroatoms. The van der Waals surface area contributed by atoms with Crippen LogP contribution in [0, 0.1) is 6.92 Å². The Labute approximate surface area is 234 Å². The predicted octanol–water partition coefficient (Wildman–Crippen LogP) is 1.17. The third-order valence-electron chi connectivity index (χ3n) is 4.89. The van der Waals surface area contributed by atoms with Crippen LogP contribution in [0.5, 0.6) is 5.75 Å². The second kappa shape index (κ2) is 21.1. The highest BCUT2D eigenvalue weighted by Gasteiger charge is 2.25. The van der Waals surface area contributed by atoms with Crippen molar-refractivity contribution in [1.82, 2.24) is 21.1 Å². The van der Waals surface area contributed by atoms with Crippen molar-refractivity contribution in [2.24, 2.45) is 0 Å². The number of rotatable bonds is 14. The van der Waals surface area contributed by atoms with Gasteiger partial charge in [0.25, 0.3) is 5.91 Å². The summed E-state index contributed by atoms with van der Waals surface area (Å²) in [6, 6.07) is 5.73. The number of nitrogens with zero attached hydrogens (tertiary/aromatic N) is 1. The van der Waals surface area contributed by atoms with E-state index in [1.165, 1.54) is 32.4 Å². The molecule has 40 heavy (non-hydrogen) atoms. The van der Waals surface area contributed by atoms with Gasteiger partial charge in [-0.3, -0.25) is 19.2 Å². The lowest BCUT2D eigenvalue weighted by molar-refractivity contribution is -0.130. The van der Waals surface area contributed by atoms with Gasteiger partial charge in [-0.05, 0) is 31.0 Å². The average molecular weight is 567 g/mol. The Morgan fingerprint density at radius 2 is 1.60 bits per heavy atom. The van der Waals surface area contributed by atoms with E-state index < -0.39 is 36.3 Å². The predicted molar refractivity (Wildman–Crippen MR) is 147 cm³/mol. The second-order valence-corrected chi connectivity index (χ2v) is 8.13. The van der Waals surface area contributed by atoms with E-state index in [0.717, 1.165) is 5.56 Å². The number of carbonyl (C=O) groups is 4. The van der Waals surface area contributed by atoms with Crippen LogP contribution in [-0.4, -0.2) is 94.0 Å². The number of phenols is 1. The van der Waals surface area contributed by atoms with E-state index in [9.17, 15) is 24.3 Å². The highest BCUT2D eigenvalue weighted by molar-refractivity contribution is 5.97. The molecule has 0 aliphatic carbocycles. The number of methoxy groups -OCH3 is 3. The number of aromatic nitrogens is 1. The smallest absolute Gasteiger partial charge is 0.274 e. The minimum Gasteiger partial charge on any atom is -0.508 e. The Morgan fingerprint density at radius 1 is 0.975 bits per heavy atom. The Morgan fingerprint density at radius 3 is 2.12 bits per heavy atom. The van der Waals surface area contributed by atoms with E-state index in [-0.39, 0.29) is 43.3 Å². The maximum Gasteiger partial charge on any atom is 0.274 e. The molecule has 2 atom stereocenters. The van der Waals surface area contributed by atoms with Crippen molar-refractivity contribution in [3.05, 3.63) is 47.3 Å². The molecule has 1 aromatic heterocycles. The van der Waals surface area contributed by atoms with Crippen molar-refractivity contribution < 1.29 is 43.0 Å². The molecular weight excluding hydrogens is 524 g/mol. The van der Waals surface area contributed by atoms with Gasteiger partial charge in [0.1, 0.15) is 17.6 Å². The van der Waals surface area contributed by atoms with Gasteiger partial charge in [-0.1, -0.05) is 31.1 Å². The second-order valence-electron chi connectivity index (χ2n) is 8.13. The molecular formula is C27H42N4O9. The number of ether oxygens (including phenoxy) is 3. The number of nitrogens with one attached hydrogen (secondary N) is 3. The summed E-state index contributed by atoms with van der Waals surface area (Å²) < 4.78 is 19.0. The van der Waals surface area contributed by atoms with E-state index >= 15 is 0 Å². The van der Waals surface area contributed by atoms with Gasteiger partial charge in [-0.2, -0.15) is 0 Å². The SMILES string of the molecule is CC.COC.COCCC(=O)C(Cc1ccc(O)cc1)NC(=O)CNC(=O)[C@H](COC)NC(=O)c1cc(C)on1. The first kappa shape index (κ1) is 36.2. The van der Waals surface area contributed by atoms with E-state index in [2.05, 4.69) is 25.8 Å². The quantitative estimate of drug-likeness (QED) is 0.259. The third-order valence-corrected chi connectivity index (χ3v) is 4.89. The van der Waals surface area contributed by atoms with Crippen LogP contribution in [0.4, 0.5) is 0 Å². The largest absolute Gasteiger partial charge is 0.508 e. The molecule has 13 nitrogen and oxygen atoms in total. The zero-order valence-electron chi connectivity index (χ0n) is 24.2. The molecule has 224 valence electrons. The van der Waals surface area contributed by atoms with Gasteiger partial charge in [0, 0.05) is 40.9 Å². The van der Waals surface area contributed by atoms with Crippen molar-refractivity contribution in [3.8, 4) is 5.75 Å². The number of amides is 3. The van der Waals surface area contributed by atoms with Gasteiger partial charge in [-0.25, -0.2) is 0 Å². The van der Waals surface area contributed by atoms with Crippen LogP contribution in [0.25, 0.3) is 0 Å². The van der Waals surface area contributed by atoms with Crippen molar-refractivity contribution >= 4 is 23.5 Å². The molecule has 2 aromatic rings. The summed E-state index contributed by atoms with van der Waals surface area (Å²) in [6.07, 6.45) is 0.289. The summed E-state index contributed by atoms with van der Waals surface area (Å²) in [6.45, 7) is 5.24. The summed E-state index contributed by atoms with van der Waals surface area (Å²) >= 11 is 0. The minimum atomic E-state index is -1.09. The highest BCUT2D eigenvalue weighted by Crippen LogP contribution is 2.12. The Balaban J connectivity index is 0.00000284. The van der Waals surface area contributed by atoms with Gasteiger partial charge < -0.3 is 39.8 Å². The van der Waals surface area contributed by atoms with Crippen LogP contribution in [0.2, 0.25) is 0 Å². The zero-order chi connectivity index (χ0) is 30.5. The maximum absolute atomic E-state index is 12.6. The number of hydrogen-bond donors (Lipinski definition) is 4. The molecule has 3 amide bonds. The number of phenolic OH excluding ortho intramolecular Hbond substituents is 1. The first-order valence-corrected chi connectivity index (χ1v) is 12.6. The molecule has 1 unspecified atom stereocenters. The standard InChI is InChI=1S/C23H30N4O8.C2H6O.C2H6/c1-14-10-18(27-35-14)23(32)26-19(13-34-3)22(31)24-12-21(30)25-17(20(29)8-9-33-2)11-15-4-6-16(28)7-5-15;1-3-2;1-2/h4-7,10,17,19,28H,8-9,11-13H2,1-3H3,(H,24,31)(H,25,30)(H,26,32);1-2H3;1-2H3/t17?,19-;;/m0../s1. The number of carbonyl (C=O) groups excluding carboxylic acids is 4. The Hall–Kier alpha value is -3.81. The van der Waals surface area contributed by atoms with Crippen molar-refractivity contribution in [2.45, 2.75) is 45.7 Å². The third kappa shape index (κ3) is 14.4. The topological polar surface area (TPSA) is 178 Å². The van der Waals surface area contributed by atoms with Gasteiger partial charge >= 0.3 is 0 Å². The molecule has 0 saturated heterocycles. The van der Waals surface area contributed by atoms with Crippen LogP contribution in [0.3, 0.4) is 0 Å². The molecule has 0 aliphatic rings. The molecule has 0 aliphatic heterocycles. The van der Waals surface area contributed by atoms with Crippen LogP contribution in [0.1, 0.15) is 42.1 Å². The number of aromatic hydroxyl groups is 1. The van der Waals surface area contributed by atoms with Gasteiger partial charge in [0.15, 0.2) is 11.5 Å². The van der Waals surface area contributed by atoms with Crippen LogP contribution in [-0.2, 0) is 35.0 Å². The summed E-state index contributed by atoms with van der Waals surface area (Å²) in [4.78, 5) is 49.9. The molecule has 0 spiro atoms. The molecule has 0 radical (unpaired) electrons. The molecule has 0 bridgehead atoms. The average Bonchev–Trinajstić information content (AvgIpc) is 3.38. The normalized spacial score (nSPS) is 11.5. The van der Waals surface area contributed by atoms with E-state index in [4.69, 9.17) is 14.0 Å². The monoisotopic (exact) mass is 566 g/mol. The summed E-state index contributed by atoms with van der Waals surface area (Å²) in [5, 5.41) is 20.6. The Bertz CT molecular complexity index is 1030.